The number of carbonyl (C=O) groups excluding carboxylic acids is 2. The molecule has 4 rings (SSSR count). The van der Waals surface area contributed by atoms with Gasteiger partial charge in [0.25, 0.3) is 0 Å². The minimum absolute atomic E-state index is 0.269. The van der Waals surface area contributed by atoms with Crippen molar-refractivity contribution < 1.29 is 14.0 Å². The Morgan fingerprint density at radius 2 is 1.28 bits per heavy atom. The van der Waals surface area contributed by atoms with E-state index in [9.17, 15) is 14.0 Å². The Balaban J connectivity index is 1.29. The minimum atomic E-state index is -0.468. The highest BCUT2D eigenvalue weighted by molar-refractivity contribution is 6.35. The normalized spacial score (nSPS) is 17.4. The third-order valence-corrected chi connectivity index (χ3v) is 5.48. The van der Waals surface area contributed by atoms with Crippen molar-refractivity contribution in [2.75, 3.05) is 62.2 Å². The monoisotopic (exact) mass is 397 g/mol. The third kappa shape index (κ3) is 4.16. The Bertz CT molecular complexity index is 862. The van der Waals surface area contributed by atoms with Crippen molar-refractivity contribution in [3.8, 4) is 0 Å². The standard InChI is InChI=1S/C21H24FN5O2/c22-17-5-1-2-6-18(17)24-9-13-26(14-10-24)20(28)21(29)27-15-11-25(12-16-27)19-7-3-4-8-23-19/h1-8H,9-16H2. The van der Waals surface area contributed by atoms with Crippen LogP contribution >= 0.6 is 0 Å². The van der Waals surface area contributed by atoms with E-state index in [1.165, 1.54) is 6.07 Å². The number of hydrogen-bond acceptors (Lipinski definition) is 5. The summed E-state index contributed by atoms with van der Waals surface area (Å²) >= 11 is 0. The molecular formula is C21H24FN5O2. The quantitative estimate of drug-likeness (QED) is 0.714. The summed E-state index contributed by atoms with van der Waals surface area (Å²) in [5, 5.41) is 0. The molecular weight excluding hydrogens is 373 g/mol. The van der Waals surface area contributed by atoms with E-state index in [0.29, 0.717) is 58.0 Å². The number of hydrogen-bond donors (Lipinski definition) is 0. The summed E-state index contributed by atoms with van der Waals surface area (Å²) in [6, 6.07) is 12.4. The number of rotatable bonds is 2. The average Bonchev–Trinajstić information content (AvgIpc) is 2.79. The van der Waals surface area contributed by atoms with Gasteiger partial charge in [0.1, 0.15) is 11.6 Å². The fourth-order valence-electron chi connectivity index (χ4n) is 3.81. The number of nitrogens with zero attached hydrogens (tertiary/aromatic N) is 5. The molecule has 7 nitrogen and oxygen atoms in total. The van der Waals surface area contributed by atoms with Crippen molar-refractivity contribution in [2.24, 2.45) is 0 Å². The second-order valence-electron chi connectivity index (χ2n) is 7.20. The molecule has 29 heavy (non-hydrogen) atoms. The highest BCUT2D eigenvalue weighted by atomic mass is 19.1. The van der Waals surface area contributed by atoms with Crippen LogP contribution in [0.15, 0.2) is 48.7 Å². The Labute approximate surface area is 169 Å². The van der Waals surface area contributed by atoms with Crippen molar-refractivity contribution in [1.29, 1.82) is 0 Å². The molecule has 2 fully saturated rings. The first-order chi connectivity index (χ1) is 14.1. The van der Waals surface area contributed by atoms with Crippen LogP contribution < -0.4 is 9.80 Å². The minimum Gasteiger partial charge on any atom is -0.366 e. The van der Waals surface area contributed by atoms with Gasteiger partial charge < -0.3 is 19.6 Å². The van der Waals surface area contributed by atoms with Crippen LogP contribution in [0, 0.1) is 5.82 Å². The molecule has 2 aliphatic rings. The predicted molar refractivity (Wildman–Crippen MR) is 108 cm³/mol. The van der Waals surface area contributed by atoms with Gasteiger partial charge in [-0.15, -0.1) is 0 Å². The lowest BCUT2D eigenvalue weighted by Gasteiger charge is -2.38. The number of anilines is 2. The predicted octanol–water partition coefficient (Wildman–Crippen LogP) is 1.22. The van der Waals surface area contributed by atoms with Crippen LogP contribution in [0.3, 0.4) is 0 Å². The molecule has 1 aromatic heterocycles. The summed E-state index contributed by atoms with van der Waals surface area (Å²) < 4.78 is 14.0. The molecule has 0 spiro atoms. The van der Waals surface area contributed by atoms with Crippen LogP contribution in [-0.2, 0) is 9.59 Å². The van der Waals surface area contributed by atoms with Crippen molar-refractivity contribution in [2.45, 2.75) is 0 Å². The molecule has 1 aromatic carbocycles. The van der Waals surface area contributed by atoms with Crippen molar-refractivity contribution in [3.05, 3.63) is 54.5 Å². The van der Waals surface area contributed by atoms with Gasteiger partial charge in [0.15, 0.2) is 0 Å². The summed E-state index contributed by atoms with van der Waals surface area (Å²) in [4.78, 5) is 36.9. The first kappa shape index (κ1) is 19.2. The van der Waals surface area contributed by atoms with Gasteiger partial charge in [-0.2, -0.15) is 0 Å². The summed E-state index contributed by atoms with van der Waals surface area (Å²) in [7, 11) is 0. The van der Waals surface area contributed by atoms with Gasteiger partial charge in [-0.3, -0.25) is 9.59 Å². The van der Waals surface area contributed by atoms with E-state index in [2.05, 4.69) is 9.88 Å². The molecule has 0 N–H and O–H groups in total. The fraction of sp³-hybridized carbons (Fsp3) is 0.381. The van der Waals surface area contributed by atoms with Crippen molar-refractivity contribution in [1.82, 2.24) is 14.8 Å². The van der Waals surface area contributed by atoms with E-state index < -0.39 is 11.8 Å². The highest BCUT2D eigenvalue weighted by Gasteiger charge is 2.31. The highest BCUT2D eigenvalue weighted by Crippen LogP contribution is 2.20. The second-order valence-corrected chi connectivity index (χ2v) is 7.20. The summed E-state index contributed by atoms with van der Waals surface area (Å²) in [6.07, 6.45) is 1.75. The average molecular weight is 397 g/mol. The number of benzene rings is 1. The first-order valence-electron chi connectivity index (χ1n) is 9.87. The van der Waals surface area contributed by atoms with Crippen molar-refractivity contribution in [3.63, 3.8) is 0 Å². The van der Waals surface area contributed by atoms with Gasteiger partial charge >= 0.3 is 11.8 Å². The number of amides is 2. The van der Waals surface area contributed by atoms with Crippen LogP contribution in [0.25, 0.3) is 0 Å². The Morgan fingerprint density at radius 3 is 1.83 bits per heavy atom. The largest absolute Gasteiger partial charge is 0.366 e. The Hall–Kier alpha value is -3.16. The van der Waals surface area contributed by atoms with E-state index in [0.717, 1.165) is 5.82 Å². The SMILES string of the molecule is O=C(C(=O)N1CCN(c2ccccc2F)CC1)N1CCN(c2ccccn2)CC1. The lowest BCUT2D eigenvalue weighted by Crippen LogP contribution is -2.56. The summed E-state index contributed by atoms with van der Waals surface area (Å²) in [6.45, 7) is 4.13. The number of aromatic nitrogens is 1. The molecule has 2 aliphatic heterocycles. The zero-order valence-corrected chi connectivity index (χ0v) is 16.2. The van der Waals surface area contributed by atoms with Crippen LogP contribution in [0.1, 0.15) is 0 Å². The molecule has 3 heterocycles. The summed E-state index contributed by atoms with van der Waals surface area (Å²) in [5.74, 6) is -0.307. The van der Waals surface area contributed by atoms with Gasteiger partial charge in [-0.05, 0) is 24.3 Å². The smallest absolute Gasteiger partial charge is 0.312 e. The van der Waals surface area contributed by atoms with E-state index in [4.69, 9.17) is 0 Å². The molecule has 2 aromatic rings. The lowest BCUT2D eigenvalue weighted by atomic mass is 10.2. The maximum atomic E-state index is 14.0. The van der Waals surface area contributed by atoms with Crippen LogP contribution in [0.2, 0.25) is 0 Å². The van der Waals surface area contributed by atoms with E-state index in [1.54, 1.807) is 34.2 Å². The van der Waals surface area contributed by atoms with Crippen molar-refractivity contribution >= 4 is 23.3 Å². The van der Waals surface area contributed by atoms with Gasteiger partial charge in [0, 0.05) is 58.6 Å². The number of pyridine rings is 1. The van der Waals surface area contributed by atoms with Crippen LogP contribution in [0.4, 0.5) is 15.9 Å². The fourth-order valence-corrected chi connectivity index (χ4v) is 3.81. The topological polar surface area (TPSA) is 60.0 Å². The summed E-state index contributed by atoms with van der Waals surface area (Å²) in [5.41, 5.74) is 0.538. The lowest BCUT2D eigenvalue weighted by molar-refractivity contribution is -0.152. The van der Waals surface area contributed by atoms with Gasteiger partial charge in [0.2, 0.25) is 0 Å². The molecule has 0 unspecified atom stereocenters. The number of halogens is 1. The van der Waals surface area contributed by atoms with E-state index in [-0.39, 0.29) is 5.82 Å². The Kier molecular flexibility index (Phi) is 5.59. The third-order valence-electron chi connectivity index (χ3n) is 5.48. The Morgan fingerprint density at radius 1 is 0.724 bits per heavy atom. The number of piperazine rings is 2. The van der Waals surface area contributed by atoms with Gasteiger partial charge in [0.05, 0.1) is 5.69 Å². The van der Waals surface area contributed by atoms with E-state index >= 15 is 0 Å². The molecule has 2 saturated heterocycles. The van der Waals surface area contributed by atoms with Crippen LogP contribution in [-0.4, -0.2) is 79.0 Å². The molecule has 0 aliphatic carbocycles. The molecule has 8 heteroatoms. The van der Waals surface area contributed by atoms with E-state index in [1.807, 2.05) is 23.1 Å². The molecule has 0 atom stereocenters. The number of carbonyl (C=O) groups is 2. The zero-order chi connectivity index (χ0) is 20.2. The zero-order valence-electron chi connectivity index (χ0n) is 16.2. The molecule has 152 valence electrons. The van der Waals surface area contributed by atoms with Crippen LogP contribution in [0.5, 0.6) is 0 Å². The molecule has 0 radical (unpaired) electrons. The molecule has 0 saturated carbocycles. The maximum Gasteiger partial charge on any atom is 0.312 e. The maximum absolute atomic E-state index is 14.0. The second kappa shape index (κ2) is 8.46. The first-order valence-corrected chi connectivity index (χ1v) is 9.87. The molecule has 0 bridgehead atoms. The van der Waals surface area contributed by atoms with Gasteiger partial charge in [-0.25, -0.2) is 9.37 Å². The molecule has 2 amide bonds. The van der Waals surface area contributed by atoms with Gasteiger partial charge in [-0.1, -0.05) is 18.2 Å². The number of para-hydroxylation sites is 1.